The van der Waals surface area contributed by atoms with Gasteiger partial charge in [0, 0.05) is 16.0 Å². The highest BCUT2D eigenvalue weighted by Crippen LogP contribution is 2.50. The molecule has 0 saturated heterocycles. The van der Waals surface area contributed by atoms with Gasteiger partial charge < -0.3 is 14.8 Å². The Morgan fingerprint density at radius 2 is 1.73 bits per heavy atom. The Morgan fingerprint density at radius 3 is 2.48 bits per heavy atom. The van der Waals surface area contributed by atoms with Crippen LogP contribution in [0.1, 0.15) is 28.8 Å². The van der Waals surface area contributed by atoms with E-state index in [0.29, 0.717) is 5.95 Å². The second-order valence-corrected chi connectivity index (χ2v) is 8.81. The molecule has 0 saturated carbocycles. The SMILES string of the molecule is COc1ccc([C@@H]2C3=C(Nc4ncnn42)c2ccccc2O[C@@H]3c2ccc(SC)cc2)cc1. The fraction of sp³-hybridized carbons (Fsp3) is 0.154. The first-order valence-electron chi connectivity index (χ1n) is 10.7. The Balaban J connectivity index is 1.58. The number of nitrogens with one attached hydrogen (secondary N) is 1. The van der Waals surface area contributed by atoms with Crippen molar-refractivity contribution in [2.45, 2.75) is 17.0 Å². The Bertz CT molecular complexity index is 1350. The van der Waals surface area contributed by atoms with E-state index in [1.807, 2.05) is 35.0 Å². The van der Waals surface area contributed by atoms with Crippen LogP contribution in [0.2, 0.25) is 0 Å². The lowest BCUT2D eigenvalue weighted by Gasteiger charge is -2.39. The molecule has 2 atom stereocenters. The summed E-state index contributed by atoms with van der Waals surface area (Å²) in [7, 11) is 1.68. The Morgan fingerprint density at radius 1 is 0.970 bits per heavy atom. The maximum atomic E-state index is 6.66. The number of methoxy groups -OCH3 is 1. The van der Waals surface area contributed by atoms with Gasteiger partial charge in [0.2, 0.25) is 5.95 Å². The molecule has 33 heavy (non-hydrogen) atoms. The molecule has 3 aromatic carbocycles. The predicted molar refractivity (Wildman–Crippen MR) is 130 cm³/mol. The molecule has 0 spiro atoms. The van der Waals surface area contributed by atoms with Gasteiger partial charge in [-0.1, -0.05) is 36.4 Å². The standard InChI is InChI=1S/C26H22N4O2S/c1-31-18-11-7-16(8-12-18)24-22-23(29-26-27-15-28-30(24)26)20-5-3-4-6-21(20)32-25(22)17-9-13-19(33-2)14-10-17/h3-15,24-25H,1-2H3,(H,27,28,29)/t24-,25-/m1/s1. The van der Waals surface area contributed by atoms with Crippen LogP contribution in [0.4, 0.5) is 5.95 Å². The van der Waals surface area contributed by atoms with Crippen LogP contribution < -0.4 is 14.8 Å². The van der Waals surface area contributed by atoms with E-state index in [9.17, 15) is 0 Å². The molecule has 4 aromatic rings. The zero-order valence-electron chi connectivity index (χ0n) is 18.2. The summed E-state index contributed by atoms with van der Waals surface area (Å²) in [5.74, 6) is 2.38. The topological polar surface area (TPSA) is 61.2 Å². The van der Waals surface area contributed by atoms with Crippen LogP contribution in [0.15, 0.2) is 89.6 Å². The second kappa shape index (κ2) is 8.01. The zero-order chi connectivity index (χ0) is 22.4. The quantitative estimate of drug-likeness (QED) is 0.407. The number of anilines is 1. The van der Waals surface area contributed by atoms with E-state index in [-0.39, 0.29) is 12.1 Å². The van der Waals surface area contributed by atoms with Crippen LogP contribution in [-0.2, 0) is 0 Å². The number of rotatable bonds is 4. The van der Waals surface area contributed by atoms with E-state index < -0.39 is 0 Å². The summed E-state index contributed by atoms with van der Waals surface area (Å²) in [5.41, 5.74) is 5.34. The van der Waals surface area contributed by atoms with E-state index in [1.165, 1.54) is 4.90 Å². The number of aromatic nitrogens is 3. The van der Waals surface area contributed by atoms with Crippen LogP contribution in [0.25, 0.3) is 5.70 Å². The first-order valence-corrected chi connectivity index (χ1v) is 11.9. The number of para-hydroxylation sites is 1. The van der Waals surface area contributed by atoms with Crippen LogP contribution >= 0.6 is 11.8 Å². The minimum atomic E-state index is -0.275. The third-order valence-corrected chi connectivity index (χ3v) is 6.92. The molecule has 1 N–H and O–H groups in total. The van der Waals surface area contributed by atoms with Gasteiger partial charge >= 0.3 is 0 Å². The van der Waals surface area contributed by atoms with Crippen molar-refractivity contribution in [3.63, 3.8) is 0 Å². The van der Waals surface area contributed by atoms with Crippen LogP contribution in [0, 0.1) is 0 Å². The summed E-state index contributed by atoms with van der Waals surface area (Å²) in [6.45, 7) is 0. The fourth-order valence-corrected chi connectivity index (χ4v) is 4.99. The van der Waals surface area contributed by atoms with Crippen molar-refractivity contribution in [2.24, 2.45) is 0 Å². The first-order chi connectivity index (χ1) is 16.3. The average Bonchev–Trinajstić information content (AvgIpc) is 3.35. The molecule has 0 amide bonds. The molecule has 0 bridgehead atoms. The molecule has 6 rings (SSSR count). The Kier molecular flexibility index (Phi) is 4.84. The largest absolute Gasteiger partial charge is 0.497 e. The van der Waals surface area contributed by atoms with Gasteiger partial charge in [0.05, 0.1) is 12.8 Å². The number of hydrogen-bond acceptors (Lipinski definition) is 6. The number of thioether (sulfide) groups is 1. The molecule has 0 unspecified atom stereocenters. The van der Waals surface area contributed by atoms with Gasteiger partial charge in [0.15, 0.2) is 0 Å². The third kappa shape index (κ3) is 3.27. The molecule has 2 aliphatic heterocycles. The highest BCUT2D eigenvalue weighted by atomic mass is 32.2. The van der Waals surface area contributed by atoms with Crippen molar-refractivity contribution in [2.75, 3.05) is 18.7 Å². The van der Waals surface area contributed by atoms with Crippen molar-refractivity contribution in [1.29, 1.82) is 0 Å². The number of hydrogen-bond donors (Lipinski definition) is 1. The smallest absolute Gasteiger partial charge is 0.226 e. The fourth-order valence-electron chi connectivity index (χ4n) is 4.58. The van der Waals surface area contributed by atoms with Gasteiger partial charge in [-0.25, -0.2) is 4.68 Å². The molecular formula is C26H22N4O2S. The average molecular weight is 455 g/mol. The Labute approximate surface area is 196 Å². The Hall–Kier alpha value is -3.71. The minimum absolute atomic E-state index is 0.178. The third-order valence-electron chi connectivity index (χ3n) is 6.17. The highest BCUT2D eigenvalue weighted by molar-refractivity contribution is 7.98. The summed E-state index contributed by atoms with van der Waals surface area (Å²) in [5, 5.41) is 8.12. The van der Waals surface area contributed by atoms with E-state index in [4.69, 9.17) is 9.47 Å². The van der Waals surface area contributed by atoms with E-state index >= 15 is 0 Å². The lowest BCUT2D eigenvalue weighted by Crippen LogP contribution is -2.32. The highest BCUT2D eigenvalue weighted by Gasteiger charge is 2.40. The summed E-state index contributed by atoms with van der Waals surface area (Å²) < 4.78 is 14.0. The predicted octanol–water partition coefficient (Wildman–Crippen LogP) is 5.57. The summed E-state index contributed by atoms with van der Waals surface area (Å²) in [6.07, 6.45) is 3.40. The molecule has 3 heterocycles. The monoisotopic (exact) mass is 454 g/mol. The molecule has 0 aliphatic carbocycles. The van der Waals surface area contributed by atoms with Gasteiger partial charge in [-0.15, -0.1) is 11.8 Å². The molecule has 164 valence electrons. The van der Waals surface area contributed by atoms with Gasteiger partial charge in [-0.3, -0.25) is 0 Å². The number of nitrogens with zero attached hydrogens (tertiary/aromatic N) is 3. The lowest BCUT2D eigenvalue weighted by atomic mass is 9.84. The first kappa shape index (κ1) is 19.9. The summed E-state index contributed by atoms with van der Waals surface area (Å²) in [6, 6.07) is 24.7. The molecular weight excluding hydrogens is 432 g/mol. The molecule has 0 radical (unpaired) electrons. The van der Waals surface area contributed by atoms with Crippen molar-refractivity contribution in [3.05, 3.63) is 101 Å². The van der Waals surface area contributed by atoms with Crippen LogP contribution in [-0.4, -0.2) is 28.1 Å². The van der Waals surface area contributed by atoms with Gasteiger partial charge in [-0.05, 0) is 53.8 Å². The zero-order valence-corrected chi connectivity index (χ0v) is 19.0. The molecule has 6 nitrogen and oxygen atoms in total. The lowest BCUT2D eigenvalue weighted by molar-refractivity contribution is 0.223. The van der Waals surface area contributed by atoms with Crippen LogP contribution in [0.5, 0.6) is 11.5 Å². The summed E-state index contributed by atoms with van der Waals surface area (Å²) >= 11 is 1.73. The van der Waals surface area contributed by atoms with Crippen molar-refractivity contribution >= 4 is 23.4 Å². The number of benzene rings is 3. The minimum Gasteiger partial charge on any atom is -0.497 e. The van der Waals surface area contributed by atoms with Crippen molar-refractivity contribution in [3.8, 4) is 11.5 Å². The van der Waals surface area contributed by atoms with E-state index in [1.54, 1.807) is 25.2 Å². The van der Waals surface area contributed by atoms with Crippen molar-refractivity contribution in [1.82, 2.24) is 14.8 Å². The summed E-state index contributed by atoms with van der Waals surface area (Å²) in [4.78, 5) is 5.71. The maximum absolute atomic E-state index is 6.66. The van der Waals surface area contributed by atoms with Gasteiger partial charge in [-0.2, -0.15) is 10.1 Å². The normalized spacial score (nSPS) is 18.5. The second-order valence-electron chi connectivity index (χ2n) is 7.93. The molecule has 1 aromatic heterocycles. The maximum Gasteiger partial charge on any atom is 0.226 e. The number of ether oxygens (including phenoxy) is 2. The van der Waals surface area contributed by atoms with E-state index in [0.717, 1.165) is 39.5 Å². The number of fused-ring (bicyclic) bond motifs is 3. The van der Waals surface area contributed by atoms with Crippen LogP contribution in [0.3, 0.4) is 0 Å². The van der Waals surface area contributed by atoms with E-state index in [2.05, 4.69) is 64.1 Å². The molecule has 0 fully saturated rings. The molecule has 2 aliphatic rings. The van der Waals surface area contributed by atoms with Crippen molar-refractivity contribution < 1.29 is 9.47 Å². The van der Waals surface area contributed by atoms with Gasteiger partial charge in [0.1, 0.15) is 30.0 Å². The van der Waals surface area contributed by atoms with Gasteiger partial charge in [0.25, 0.3) is 0 Å². The molecule has 7 heteroatoms.